The molecular weight excluding hydrogens is 556 g/mol. The van der Waals surface area contributed by atoms with E-state index in [9.17, 15) is 18.0 Å². The second-order valence-electron chi connectivity index (χ2n) is 8.08. The van der Waals surface area contributed by atoms with E-state index in [1.54, 1.807) is 25.1 Å². The molecule has 0 fully saturated rings. The lowest BCUT2D eigenvalue weighted by atomic mass is 10.1. The summed E-state index contributed by atoms with van der Waals surface area (Å²) in [5.74, 6) is -1.05. The quantitative estimate of drug-likeness (QED) is 0.406. The van der Waals surface area contributed by atoms with Crippen LogP contribution in [0.2, 0.25) is 20.1 Å². The van der Waals surface area contributed by atoms with E-state index in [-0.39, 0.29) is 23.3 Å². The Bertz CT molecular complexity index is 1170. The predicted molar refractivity (Wildman–Crippen MR) is 143 cm³/mol. The summed E-state index contributed by atoms with van der Waals surface area (Å²) < 4.78 is 26.1. The zero-order valence-corrected chi connectivity index (χ0v) is 23.5. The topological polar surface area (TPSA) is 86.8 Å². The number of hydrogen-bond acceptors (Lipinski definition) is 4. The average Bonchev–Trinajstić information content (AvgIpc) is 2.76. The zero-order valence-electron chi connectivity index (χ0n) is 19.7. The molecule has 35 heavy (non-hydrogen) atoms. The molecule has 7 nitrogen and oxygen atoms in total. The highest BCUT2D eigenvalue weighted by molar-refractivity contribution is 7.92. The van der Waals surface area contributed by atoms with E-state index in [4.69, 9.17) is 46.4 Å². The fourth-order valence-corrected chi connectivity index (χ4v) is 5.12. The maximum atomic E-state index is 13.6. The van der Waals surface area contributed by atoms with Gasteiger partial charge >= 0.3 is 0 Å². The third-order valence-corrected chi connectivity index (χ3v) is 7.79. The Balaban J connectivity index is 2.48. The molecule has 2 aromatic carbocycles. The van der Waals surface area contributed by atoms with E-state index in [1.807, 2.05) is 13.8 Å². The highest BCUT2D eigenvalue weighted by Crippen LogP contribution is 2.31. The molecule has 2 atom stereocenters. The SMILES string of the molecule is CC[C@H](C)NC(=O)[C@@H](C)N(Cc1c(Cl)cccc1Cl)C(=O)CN(c1ccc(Cl)cc1Cl)S(C)(=O)=O. The van der Waals surface area contributed by atoms with Gasteiger partial charge in [-0.1, -0.05) is 59.4 Å². The third kappa shape index (κ3) is 7.89. The Hall–Kier alpha value is -1.71. The van der Waals surface area contributed by atoms with Gasteiger partial charge in [0.05, 0.1) is 17.0 Å². The highest BCUT2D eigenvalue weighted by Gasteiger charge is 2.32. The molecule has 0 aliphatic rings. The number of nitrogens with zero attached hydrogens (tertiary/aromatic N) is 2. The number of halogens is 4. The molecule has 0 saturated carbocycles. The fourth-order valence-electron chi connectivity index (χ4n) is 3.18. The lowest BCUT2D eigenvalue weighted by Gasteiger charge is -2.32. The number of nitrogens with one attached hydrogen (secondary N) is 1. The van der Waals surface area contributed by atoms with Gasteiger partial charge in [0.25, 0.3) is 0 Å². The number of rotatable bonds is 10. The second kappa shape index (κ2) is 12.5. The van der Waals surface area contributed by atoms with Gasteiger partial charge < -0.3 is 10.2 Å². The van der Waals surface area contributed by atoms with Crippen LogP contribution in [0.1, 0.15) is 32.8 Å². The summed E-state index contributed by atoms with van der Waals surface area (Å²) in [6, 6.07) is 8.08. The zero-order chi connectivity index (χ0) is 26.5. The van der Waals surface area contributed by atoms with Gasteiger partial charge in [0.15, 0.2) is 0 Å². The number of sulfonamides is 1. The van der Waals surface area contributed by atoms with Crippen molar-refractivity contribution >= 4 is 73.9 Å². The molecule has 2 amide bonds. The van der Waals surface area contributed by atoms with E-state index in [0.717, 1.165) is 10.6 Å². The summed E-state index contributed by atoms with van der Waals surface area (Å²) >= 11 is 24.8. The van der Waals surface area contributed by atoms with Crippen molar-refractivity contribution in [3.05, 3.63) is 62.1 Å². The lowest BCUT2D eigenvalue weighted by molar-refractivity contribution is -0.139. The molecule has 2 rings (SSSR count). The molecule has 1 N–H and O–H groups in total. The first-order valence-electron chi connectivity index (χ1n) is 10.7. The van der Waals surface area contributed by atoms with Gasteiger partial charge in [0, 0.05) is 33.2 Å². The first-order valence-corrected chi connectivity index (χ1v) is 14.1. The number of anilines is 1. The molecule has 0 unspecified atom stereocenters. The average molecular weight is 583 g/mol. The molecule has 0 aliphatic heterocycles. The lowest BCUT2D eigenvalue weighted by Crippen LogP contribution is -2.52. The van der Waals surface area contributed by atoms with Crippen LogP contribution in [0.25, 0.3) is 0 Å². The van der Waals surface area contributed by atoms with Crippen LogP contribution in [0.15, 0.2) is 36.4 Å². The van der Waals surface area contributed by atoms with Crippen molar-refractivity contribution in [3.8, 4) is 0 Å². The molecule has 0 heterocycles. The Morgan fingerprint density at radius 1 is 1.00 bits per heavy atom. The van der Waals surface area contributed by atoms with Gasteiger partial charge in [-0.3, -0.25) is 13.9 Å². The van der Waals surface area contributed by atoms with Crippen molar-refractivity contribution in [2.75, 3.05) is 17.1 Å². The molecular formula is C23H27Cl4N3O4S. The Labute approximate surface area is 226 Å². The van der Waals surface area contributed by atoms with Gasteiger partial charge in [-0.2, -0.15) is 0 Å². The molecule has 0 bridgehead atoms. The minimum atomic E-state index is -3.93. The number of carbonyl (C=O) groups excluding carboxylic acids is 2. The summed E-state index contributed by atoms with van der Waals surface area (Å²) in [5, 5.41) is 3.83. The summed E-state index contributed by atoms with van der Waals surface area (Å²) in [7, 11) is -3.93. The largest absolute Gasteiger partial charge is 0.352 e. The smallest absolute Gasteiger partial charge is 0.244 e. The van der Waals surface area contributed by atoms with E-state index in [1.165, 1.54) is 23.1 Å². The van der Waals surface area contributed by atoms with Crippen LogP contribution in [-0.4, -0.2) is 50.0 Å². The molecule has 2 aromatic rings. The minimum absolute atomic E-state index is 0.0546. The van der Waals surface area contributed by atoms with Crippen LogP contribution in [0, 0.1) is 0 Å². The minimum Gasteiger partial charge on any atom is -0.352 e. The Morgan fingerprint density at radius 3 is 2.11 bits per heavy atom. The maximum absolute atomic E-state index is 13.6. The predicted octanol–water partition coefficient (Wildman–Crippen LogP) is 5.40. The summed E-state index contributed by atoms with van der Waals surface area (Å²) in [4.78, 5) is 27.7. The summed E-state index contributed by atoms with van der Waals surface area (Å²) in [6.45, 7) is 4.60. The van der Waals surface area contributed by atoms with Crippen molar-refractivity contribution < 1.29 is 18.0 Å². The first kappa shape index (κ1) is 29.5. The van der Waals surface area contributed by atoms with Crippen molar-refractivity contribution in [2.24, 2.45) is 0 Å². The Morgan fingerprint density at radius 2 is 1.60 bits per heavy atom. The van der Waals surface area contributed by atoms with Crippen LogP contribution in [0.5, 0.6) is 0 Å². The number of carbonyl (C=O) groups is 2. The normalized spacial score (nSPS) is 13.1. The van der Waals surface area contributed by atoms with E-state index >= 15 is 0 Å². The number of amides is 2. The molecule has 12 heteroatoms. The van der Waals surface area contributed by atoms with E-state index in [2.05, 4.69) is 5.32 Å². The first-order chi connectivity index (χ1) is 16.3. The van der Waals surface area contributed by atoms with Crippen LogP contribution >= 0.6 is 46.4 Å². The van der Waals surface area contributed by atoms with Crippen molar-refractivity contribution in [1.82, 2.24) is 10.2 Å². The van der Waals surface area contributed by atoms with Crippen LogP contribution in [0.3, 0.4) is 0 Å². The molecule has 0 radical (unpaired) electrons. The van der Waals surface area contributed by atoms with Gasteiger partial charge in [-0.05, 0) is 50.6 Å². The van der Waals surface area contributed by atoms with Gasteiger partial charge in [-0.25, -0.2) is 8.42 Å². The van der Waals surface area contributed by atoms with Crippen molar-refractivity contribution in [3.63, 3.8) is 0 Å². The highest BCUT2D eigenvalue weighted by atomic mass is 35.5. The summed E-state index contributed by atoms with van der Waals surface area (Å²) in [6.07, 6.45) is 1.65. The molecule has 0 aromatic heterocycles. The van der Waals surface area contributed by atoms with E-state index < -0.39 is 34.4 Å². The van der Waals surface area contributed by atoms with Crippen LogP contribution < -0.4 is 9.62 Å². The second-order valence-corrected chi connectivity index (χ2v) is 11.6. The molecule has 0 saturated heterocycles. The maximum Gasteiger partial charge on any atom is 0.244 e. The third-order valence-electron chi connectivity index (χ3n) is 5.42. The number of hydrogen-bond donors (Lipinski definition) is 1. The molecule has 0 aliphatic carbocycles. The van der Waals surface area contributed by atoms with Crippen molar-refractivity contribution in [2.45, 2.75) is 45.8 Å². The Kier molecular flexibility index (Phi) is 10.5. The monoisotopic (exact) mass is 581 g/mol. The number of benzene rings is 2. The van der Waals surface area contributed by atoms with Crippen LogP contribution in [-0.2, 0) is 26.2 Å². The van der Waals surface area contributed by atoms with Gasteiger partial charge in [-0.15, -0.1) is 0 Å². The van der Waals surface area contributed by atoms with Gasteiger partial charge in [0.2, 0.25) is 21.8 Å². The van der Waals surface area contributed by atoms with Gasteiger partial charge in [0.1, 0.15) is 12.6 Å². The van der Waals surface area contributed by atoms with Crippen LogP contribution in [0.4, 0.5) is 5.69 Å². The standard InChI is InChI=1S/C23H27Cl4N3O4S/c1-5-14(2)28-23(32)15(3)29(12-17-18(25)7-6-8-19(17)26)22(31)13-30(35(4,33)34)21-10-9-16(24)11-20(21)27/h6-11,14-15H,5,12-13H2,1-4H3,(H,28,32)/t14-,15+/m0/s1. The van der Waals surface area contributed by atoms with Crippen molar-refractivity contribution in [1.29, 1.82) is 0 Å². The van der Waals surface area contributed by atoms with E-state index in [0.29, 0.717) is 27.1 Å². The fraction of sp³-hybridized carbons (Fsp3) is 0.391. The molecule has 0 spiro atoms. The molecule has 192 valence electrons. The summed E-state index contributed by atoms with van der Waals surface area (Å²) in [5.41, 5.74) is 0.516.